The number of alkyl halides is 5. The summed E-state index contributed by atoms with van der Waals surface area (Å²) in [6.07, 6.45) is -6.96. The zero-order valence-corrected chi connectivity index (χ0v) is 7.48. The van der Waals surface area contributed by atoms with Crippen molar-refractivity contribution in [1.82, 2.24) is 0 Å². The van der Waals surface area contributed by atoms with Crippen LogP contribution in [0.25, 0.3) is 0 Å². The van der Waals surface area contributed by atoms with E-state index in [9.17, 15) is 22.0 Å². The Morgan fingerprint density at radius 1 is 0.933 bits per heavy atom. The number of hydrogen-bond acceptors (Lipinski definition) is 2. The number of hydrogen-bond donors (Lipinski definition) is 2. The first-order valence-electron chi connectivity index (χ1n) is 4.37. The molecule has 0 heterocycles. The van der Waals surface area contributed by atoms with Crippen LogP contribution in [0.5, 0.6) is 0 Å². The Bertz CT molecular complexity index is 280. The van der Waals surface area contributed by atoms with Crippen LogP contribution in [0.15, 0.2) is 0 Å². The van der Waals surface area contributed by atoms with Crippen LogP contribution in [-0.2, 0) is 0 Å². The molecule has 15 heavy (non-hydrogen) atoms. The van der Waals surface area contributed by atoms with Gasteiger partial charge in [-0.1, -0.05) is 0 Å². The van der Waals surface area contributed by atoms with Crippen molar-refractivity contribution in [2.45, 2.75) is 36.7 Å². The average Bonchev–Trinajstić information content (AvgIpc) is 1.74. The third-order valence-corrected chi connectivity index (χ3v) is 3.64. The zero-order chi connectivity index (χ0) is 11.7. The molecule has 2 nitrogen and oxygen atoms in total. The molecule has 0 unspecified atom stereocenters. The Morgan fingerprint density at radius 3 is 1.60 bits per heavy atom. The van der Waals surface area contributed by atoms with Crippen LogP contribution in [-0.4, -0.2) is 29.3 Å². The third kappa shape index (κ3) is 1.06. The van der Waals surface area contributed by atoms with Crippen LogP contribution in [0.2, 0.25) is 5.31 Å². The van der Waals surface area contributed by atoms with Crippen LogP contribution in [0.3, 0.4) is 0 Å². The normalized spacial score (nSPS) is 39.4. The van der Waals surface area contributed by atoms with Gasteiger partial charge in [0.1, 0.15) is 0 Å². The molecule has 3 aliphatic carbocycles. The summed E-state index contributed by atoms with van der Waals surface area (Å²) in [4.78, 5) is 0. The standard InChI is InChI=1S/C7H8BF5O2/c9-6(10,7(11,12)13)4-1-5(2-4,3-4)8(14)15/h14-15H,1-3H2. The van der Waals surface area contributed by atoms with Crippen LogP contribution in [0, 0.1) is 5.41 Å². The molecule has 0 atom stereocenters. The molecule has 0 aliphatic heterocycles. The molecule has 0 saturated heterocycles. The fraction of sp³-hybridized carbons (Fsp3) is 1.00. The summed E-state index contributed by atoms with van der Waals surface area (Å²) in [5.74, 6) is -4.73. The van der Waals surface area contributed by atoms with Gasteiger partial charge in [-0.15, -0.1) is 0 Å². The van der Waals surface area contributed by atoms with Gasteiger partial charge < -0.3 is 10.0 Å². The van der Waals surface area contributed by atoms with E-state index in [2.05, 4.69) is 0 Å². The molecule has 2 bridgehead atoms. The molecular weight excluding hydrogens is 222 g/mol. The minimum Gasteiger partial charge on any atom is -0.427 e. The SMILES string of the molecule is OB(O)C12CC(C(F)(F)C(F)(F)F)(C1)C2. The van der Waals surface area contributed by atoms with Crippen molar-refractivity contribution in [3.05, 3.63) is 0 Å². The highest BCUT2D eigenvalue weighted by atomic mass is 19.4. The summed E-state index contributed by atoms with van der Waals surface area (Å²) in [5.41, 5.74) is -2.09. The van der Waals surface area contributed by atoms with E-state index in [1.54, 1.807) is 0 Å². The van der Waals surface area contributed by atoms with Gasteiger partial charge in [0.05, 0.1) is 0 Å². The van der Waals surface area contributed by atoms with Crippen LogP contribution in [0.1, 0.15) is 19.3 Å². The van der Waals surface area contributed by atoms with Gasteiger partial charge in [-0.05, 0) is 19.3 Å². The second-order valence-electron chi connectivity index (χ2n) is 4.62. The van der Waals surface area contributed by atoms with E-state index in [1.807, 2.05) is 0 Å². The van der Waals surface area contributed by atoms with Gasteiger partial charge in [-0.3, -0.25) is 0 Å². The van der Waals surface area contributed by atoms with Crippen molar-refractivity contribution in [2.24, 2.45) is 5.41 Å². The topological polar surface area (TPSA) is 40.5 Å². The Balaban J connectivity index is 2.13. The first-order chi connectivity index (χ1) is 6.56. The molecule has 0 amide bonds. The predicted molar refractivity (Wildman–Crippen MR) is 40.2 cm³/mol. The molecule has 3 saturated carbocycles. The minimum atomic E-state index is -5.56. The van der Waals surface area contributed by atoms with Crippen molar-refractivity contribution in [2.75, 3.05) is 0 Å². The molecule has 0 aromatic carbocycles. The van der Waals surface area contributed by atoms with Crippen LogP contribution < -0.4 is 0 Å². The van der Waals surface area contributed by atoms with Gasteiger partial charge in [0, 0.05) is 10.7 Å². The molecule has 3 fully saturated rings. The lowest BCUT2D eigenvalue weighted by Gasteiger charge is -2.71. The lowest BCUT2D eigenvalue weighted by atomic mass is 9.23. The molecule has 0 aromatic heterocycles. The van der Waals surface area contributed by atoms with E-state index in [4.69, 9.17) is 10.0 Å². The first kappa shape index (κ1) is 11.1. The van der Waals surface area contributed by atoms with E-state index >= 15 is 0 Å². The fourth-order valence-electron chi connectivity index (χ4n) is 2.77. The van der Waals surface area contributed by atoms with E-state index in [1.165, 1.54) is 0 Å². The average molecular weight is 230 g/mol. The Morgan fingerprint density at radius 2 is 1.33 bits per heavy atom. The second-order valence-corrected chi connectivity index (χ2v) is 4.62. The van der Waals surface area contributed by atoms with Crippen molar-refractivity contribution in [3.63, 3.8) is 0 Å². The van der Waals surface area contributed by atoms with Gasteiger partial charge in [0.15, 0.2) is 0 Å². The first-order valence-corrected chi connectivity index (χ1v) is 4.37. The summed E-state index contributed by atoms with van der Waals surface area (Å²) >= 11 is 0. The highest BCUT2D eigenvalue weighted by Crippen LogP contribution is 2.84. The van der Waals surface area contributed by atoms with Crippen LogP contribution in [0.4, 0.5) is 22.0 Å². The molecular formula is C7H8BF5O2. The fourth-order valence-corrected chi connectivity index (χ4v) is 2.77. The molecule has 0 spiro atoms. The predicted octanol–water partition coefficient (Wildman–Crippen LogP) is 1.58. The van der Waals surface area contributed by atoms with Crippen molar-refractivity contribution in [3.8, 4) is 0 Å². The largest absolute Gasteiger partial charge is 0.458 e. The summed E-state index contributed by atoms with van der Waals surface area (Å²) in [5, 5.41) is 16.4. The van der Waals surface area contributed by atoms with Gasteiger partial charge in [0.25, 0.3) is 0 Å². The summed E-state index contributed by atoms with van der Waals surface area (Å²) < 4.78 is 62.0. The number of rotatable bonds is 2. The Hall–Kier alpha value is -0.365. The highest BCUT2D eigenvalue weighted by molar-refractivity contribution is 6.46. The van der Waals surface area contributed by atoms with Crippen LogP contribution >= 0.6 is 0 Å². The lowest BCUT2D eigenvalue weighted by molar-refractivity contribution is -0.378. The molecule has 2 N–H and O–H groups in total. The maximum Gasteiger partial charge on any atom is 0.458 e. The quantitative estimate of drug-likeness (QED) is 0.558. The van der Waals surface area contributed by atoms with Crippen molar-refractivity contribution in [1.29, 1.82) is 0 Å². The minimum absolute atomic E-state index is 0.468. The Labute approximate surface area is 82.2 Å². The lowest BCUT2D eigenvalue weighted by Crippen LogP contribution is -2.72. The summed E-state index contributed by atoms with van der Waals surface area (Å²) in [7, 11) is -1.80. The second kappa shape index (κ2) is 2.48. The summed E-state index contributed by atoms with van der Waals surface area (Å²) in [6.45, 7) is 0. The molecule has 86 valence electrons. The zero-order valence-electron chi connectivity index (χ0n) is 7.48. The van der Waals surface area contributed by atoms with Gasteiger partial charge in [0.2, 0.25) is 0 Å². The molecule has 0 radical (unpaired) electrons. The van der Waals surface area contributed by atoms with E-state index in [0.29, 0.717) is 0 Å². The van der Waals surface area contributed by atoms with Crippen molar-refractivity contribution >= 4 is 7.12 Å². The molecule has 0 aromatic rings. The van der Waals surface area contributed by atoms with Gasteiger partial charge >= 0.3 is 19.2 Å². The third-order valence-electron chi connectivity index (χ3n) is 3.64. The smallest absolute Gasteiger partial charge is 0.427 e. The molecule has 3 rings (SSSR count). The van der Waals surface area contributed by atoms with Gasteiger partial charge in [-0.25, -0.2) is 0 Å². The van der Waals surface area contributed by atoms with Crippen molar-refractivity contribution < 1.29 is 32.0 Å². The van der Waals surface area contributed by atoms with E-state index in [0.717, 1.165) is 0 Å². The van der Waals surface area contributed by atoms with Gasteiger partial charge in [-0.2, -0.15) is 22.0 Å². The monoisotopic (exact) mass is 230 g/mol. The maximum atomic E-state index is 12.9. The Kier molecular flexibility index (Phi) is 1.84. The maximum absolute atomic E-state index is 12.9. The summed E-state index contributed by atoms with van der Waals surface area (Å²) in [6, 6.07) is 0. The van der Waals surface area contributed by atoms with E-state index < -0.39 is 49.2 Å². The molecule has 8 heteroatoms. The highest BCUT2D eigenvalue weighted by Gasteiger charge is 2.85. The van der Waals surface area contributed by atoms with E-state index in [-0.39, 0.29) is 0 Å². The molecule has 3 aliphatic rings. The number of halogens is 5.